The highest BCUT2D eigenvalue weighted by atomic mass is 32.2. The van der Waals surface area contributed by atoms with Crippen LogP contribution in [0, 0.1) is 5.92 Å². The maximum Gasteiger partial charge on any atom is 0.0348 e. The van der Waals surface area contributed by atoms with Crippen LogP contribution in [-0.2, 0) is 0 Å². The first kappa shape index (κ1) is 9.66. The summed E-state index contributed by atoms with van der Waals surface area (Å²) in [7, 11) is 0. The van der Waals surface area contributed by atoms with E-state index in [1.165, 1.54) is 0 Å². The molecule has 0 spiro atoms. The van der Waals surface area contributed by atoms with Crippen molar-refractivity contribution in [2.75, 3.05) is 18.1 Å². The van der Waals surface area contributed by atoms with Crippen LogP contribution >= 0.6 is 11.8 Å². The number of hydrogen-bond acceptors (Lipinski definition) is 2. The van der Waals surface area contributed by atoms with E-state index in [2.05, 4.69) is 23.9 Å². The Morgan fingerprint density at radius 2 is 2.30 bits per heavy atom. The molecule has 4 heteroatoms. The summed E-state index contributed by atoms with van der Waals surface area (Å²) in [6, 6.07) is 0. The molecule has 58 valence electrons. The molecule has 0 atom stereocenters. The van der Waals surface area contributed by atoms with E-state index in [0.29, 0.717) is 6.54 Å². The quantitative estimate of drug-likeness (QED) is 0.263. The number of azide groups is 1. The van der Waals surface area contributed by atoms with E-state index in [-0.39, 0.29) is 0 Å². The molecule has 0 aliphatic heterocycles. The predicted molar refractivity (Wildman–Crippen MR) is 46.2 cm³/mol. The lowest BCUT2D eigenvalue weighted by molar-refractivity contribution is 0.750. The van der Waals surface area contributed by atoms with Gasteiger partial charge >= 0.3 is 0 Å². The zero-order valence-electron chi connectivity index (χ0n) is 6.45. The molecule has 0 aromatic rings. The molecule has 0 aliphatic rings. The Hall–Kier alpha value is -0.340. The molecule has 0 radical (unpaired) electrons. The largest absolute Gasteiger partial charge is 0.162 e. The Morgan fingerprint density at radius 3 is 2.80 bits per heavy atom. The molecule has 0 aliphatic carbocycles. The third-order valence-corrected chi connectivity index (χ3v) is 2.22. The van der Waals surface area contributed by atoms with E-state index >= 15 is 0 Å². The summed E-state index contributed by atoms with van der Waals surface area (Å²) in [4.78, 5) is 2.66. The van der Waals surface area contributed by atoms with Gasteiger partial charge in [-0.1, -0.05) is 19.0 Å². The summed E-state index contributed by atoms with van der Waals surface area (Å²) >= 11 is 1.84. The fraction of sp³-hybridized carbons (Fsp3) is 1.00. The molecule has 0 rings (SSSR count). The van der Waals surface area contributed by atoms with E-state index in [1.807, 2.05) is 11.8 Å². The summed E-state index contributed by atoms with van der Waals surface area (Å²) in [6.45, 7) is 4.98. The van der Waals surface area contributed by atoms with Crippen molar-refractivity contribution in [3.05, 3.63) is 10.4 Å². The molecule has 10 heavy (non-hydrogen) atoms. The van der Waals surface area contributed by atoms with Gasteiger partial charge in [0.25, 0.3) is 0 Å². The van der Waals surface area contributed by atoms with Crippen LogP contribution in [0.1, 0.15) is 13.8 Å². The van der Waals surface area contributed by atoms with Gasteiger partial charge in [-0.15, -0.1) is 0 Å². The Kier molecular flexibility index (Phi) is 6.55. The summed E-state index contributed by atoms with van der Waals surface area (Å²) in [5.41, 5.74) is 7.92. The highest BCUT2D eigenvalue weighted by Crippen LogP contribution is 2.06. The van der Waals surface area contributed by atoms with Crippen LogP contribution in [0.4, 0.5) is 0 Å². The second-order valence-electron chi connectivity index (χ2n) is 2.42. The van der Waals surface area contributed by atoms with Gasteiger partial charge in [-0.05, 0) is 23.0 Å². The molecule has 0 amide bonds. The summed E-state index contributed by atoms with van der Waals surface area (Å²) in [6.07, 6.45) is 0. The van der Waals surface area contributed by atoms with Gasteiger partial charge in [-0.3, -0.25) is 0 Å². The van der Waals surface area contributed by atoms with Gasteiger partial charge in [0, 0.05) is 11.5 Å². The predicted octanol–water partition coefficient (Wildman–Crippen LogP) is 2.69. The number of hydrogen-bond donors (Lipinski definition) is 0. The normalized spacial score (nSPS) is 9.50. The summed E-state index contributed by atoms with van der Waals surface area (Å²) in [5, 5.41) is 3.43. The van der Waals surface area contributed by atoms with Crippen LogP contribution in [0.5, 0.6) is 0 Å². The molecular formula is C6H13N3S. The average Bonchev–Trinajstić information content (AvgIpc) is 1.87. The molecule has 0 aromatic carbocycles. The van der Waals surface area contributed by atoms with Crippen molar-refractivity contribution < 1.29 is 0 Å². The van der Waals surface area contributed by atoms with Crippen LogP contribution in [0.15, 0.2) is 5.11 Å². The second-order valence-corrected chi connectivity index (χ2v) is 3.57. The van der Waals surface area contributed by atoms with Crippen molar-refractivity contribution in [1.29, 1.82) is 0 Å². The van der Waals surface area contributed by atoms with Gasteiger partial charge in [0.1, 0.15) is 0 Å². The van der Waals surface area contributed by atoms with E-state index in [4.69, 9.17) is 5.53 Å². The molecule has 0 heterocycles. The number of thioether (sulfide) groups is 1. The number of rotatable bonds is 5. The van der Waals surface area contributed by atoms with Crippen LogP contribution in [-0.4, -0.2) is 18.1 Å². The van der Waals surface area contributed by atoms with Gasteiger partial charge in [0.05, 0.1) is 0 Å². The fourth-order valence-electron chi connectivity index (χ4n) is 0.469. The van der Waals surface area contributed by atoms with Crippen molar-refractivity contribution in [2.24, 2.45) is 11.0 Å². The van der Waals surface area contributed by atoms with Crippen molar-refractivity contribution in [3.63, 3.8) is 0 Å². The third-order valence-electron chi connectivity index (χ3n) is 0.850. The third kappa shape index (κ3) is 7.66. The first-order valence-corrected chi connectivity index (χ1v) is 4.51. The highest BCUT2D eigenvalue weighted by Gasteiger charge is 1.91. The summed E-state index contributed by atoms with van der Waals surface area (Å²) in [5.74, 6) is 2.83. The zero-order chi connectivity index (χ0) is 7.82. The highest BCUT2D eigenvalue weighted by molar-refractivity contribution is 7.99. The molecule has 0 bridgehead atoms. The van der Waals surface area contributed by atoms with Gasteiger partial charge in [0.2, 0.25) is 0 Å². The van der Waals surface area contributed by atoms with Crippen molar-refractivity contribution in [3.8, 4) is 0 Å². The molecule has 3 nitrogen and oxygen atoms in total. The molecule has 0 saturated carbocycles. The first-order chi connectivity index (χ1) is 4.77. The second kappa shape index (κ2) is 6.78. The lowest BCUT2D eigenvalue weighted by Crippen LogP contribution is -1.93. The van der Waals surface area contributed by atoms with Crippen LogP contribution in [0.3, 0.4) is 0 Å². The zero-order valence-corrected chi connectivity index (χ0v) is 7.27. The first-order valence-electron chi connectivity index (χ1n) is 3.36. The maximum absolute atomic E-state index is 7.92. The van der Waals surface area contributed by atoms with Crippen molar-refractivity contribution in [2.45, 2.75) is 13.8 Å². The minimum atomic E-state index is 0.619. The van der Waals surface area contributed by atoms with Crippen LogP contribution < -0.4 is 0 Å². The van der Waals surface area contributed by atoms with Gasteiger partial charge in [0.15, 0.2) is 0 Å². The molecular weight excluding hydrogens is 146 g/mol. The minimum absolute atomic E-state index is 0.619. The van der Waals surface area contributed by atoms with E-state index in [1.54, 1.807) is 0 Å². The van der Waals surface area contributed by atoms with Crippen LogP contribution in [0.2, 0.25) is 0 Å². The monoisotopic (exact) mass is 159 g/mol. The van der Waals surface area contributed by atoms with Gasteiger partial charge in [-0.2, -0.15) is 11.8 Å². The lowest BCUT2D eigenvalue weighted by atomic mass is 10.3. The smallest absolute Gasteiger partial charge is 0.0348 e. The van der Waals surface area contributed by atoms with E-state index in [9.17, 15) is 0 Å². The molecule has 0 unspecified atom stereocenters. The minimum Gasteiger partial charge on any atom is -0.162 e. The standard InChI is InChI=1S/C6H13N3S/c1-6(2)5-10-4-3-8-9-7/h6H,3-5H2,1-2H3. The van der Waals surface area contributed by atoms with Gasteiger partial charge in [-0.25, -0.2) is 0 Å². The SMILES string of the molecule is CC(C)CSCCN=[N+]=[N-]. The molecule has 0 aromatic heterocycles. The average molecular weight is 159 g/mol. The van der Waals surface area contributed by atoms with Gasteiger partial charge < -0.3 is 0 Å². The summed E-state index contributed by atoms with van der Waals surface area (Å²) < 4.78 is 0. The fourth-order valence-corrected chi connectivity index (χ4v) is 1.32. The van der Waals surface area contributed by atoms with Crippen molar-refractivity contribution in [1.82, 2.24) is 0 Å². The van der Waals surface area contributed by atoms with E-state index < -0.39 is 0 Å². The van der Waals surface area contributed by atoms with Crippen LogP contribution in [0.25, 0.3) is 10.4 Å². The lowest BCUT2D eigenvalue weighted by Gasteiger charge is -2.00. The molecule has 0 N–H and O–H groups in total. The Balaban J connectivity index is 2.98. The topological polar surface area (TPSA) is 48.8 Å². The Morgan fingerprint density at radius 1 is 1.60 bits per heavy atom. The van der Waals surface area contributed by atoms with Crippen molar-refractivity contribution >= 4 is 11.8 Å². The number of nitrogens with zero attached hydrogens (tertiary/aromatic N) is 3. The maximum atomic E-state index is 7.92. The van der Waals surface area contributed by atoms with E-state index in [0.717, 1.165) is 17.4 Å². The molecule has 0 saturated heterocycles. The molecule has 0 fully saturated rings. The Bertz CT molecular complexity index is 118. The Labute approximate surface area is 65.8 Å².